The van der Waals surface area contributed by atoms with E-state index in [-0.39, 0.29) is 18.0 Å². The van der Waals surface area contributed by atoms with E-state index in [1.165, 1.54) is 16.2 Å². The zero-order chi connectivity index (χ0) is 16.7. The predicted molar refractivity (Wildman–Crippen MR) is 94.2 cm³/mol. The third kappa shape index (κ3) is 5.33. The lowest BCUT2D eigenvalue weighted by molar-refractivity contribution is -0.131. The number of benzene rings is 1. The van der Waals surface area contributed by atoms with Crippen LogP contribution in [0.5, 0.6) is 0 Å². The van der Waals surface area contributed by atoms with Gasteiger partial charge in [-0.15, -0.1) is 0 Å². The molecule has 2 aromatic rings. The molecule has 23 heavy (non-hydrogen) atoms. The van der Waals surface area contributed by atoms with Crippen LogP contribution >= 0.6 is 15.9 Å². The van der Waals surface area contributed by atoms with Crippen molar-refractivity contribution in [1.82, 2.24) is 9.47 Å². The number of aromatic nitrogens is 1. The number of nitrogens with zero attached hydrogens (tertiary/aromatic N) is 2. The van der Waals surface area contributed by atoms with Crippen LogP contribution in [0.15, 0.2) is 57.9 Å². The minimum Gasteiger partial charge on any atom is -0.340 e. The largest absolute Gasteiger partial charge is 0.340 e. The number of rotatable bonds is 7. The van der Waals surface area contributed by atoms with Crippen molar-refractivity contribution in [2.75, 3.05) is 19.6 Å². The second-order valence-electron chi connectivity index (χ2n) is 5.22. The van der Waals surface area contributed by atoms with Gasteiger partial charge in [0, 0.05) is 36.4 Å². The summed E-state index contributed by atoms with van der Waals surface area (Å²) in [5.74, 6) is -0.105. The molecular weight excluding hydrogens is 358 g/mol. The first-order valence-electron chi connectivity index (χ1n) is 7.48. The van der Waals surface area contributed by atoms with Gasteiger partial charge >= 0.3 is 0 Å². The molecular formula is C17H20BrN3O2. The van der Waals surface area contributed by atoms with Gasteiger partial charge in [0.2, 0.25) is 5.91 Å². The number of carbonyl (C=O) groups is 1. The third-order valence-corrected chi connectivity index (χ3v) is 3.99. The van der Waals surface area contributed by atoms with Crippen molar-refractivity contribution < 1.29 is 4.79 Å². The van der Waals surface area contributed by atoms with E-state index in [0.29, 0.717) is 19.6 Å². The Kier molecular flexibility index (Phi) is 6.55. The Labute approximate surface area is 143 Å². The van der Waals surface area contributed by atoms with Crippen molar-refractivity contribution in [2.24, 2.45) is 5.73 Å². The maximum absolute atomic E-state index is 12.5. The molecule has 6 heteroatoms. The van der Waals surface area contributed by atoms with Gasteiger partial charge in [0.05, 0.1) is 0 Å². The maximum Gasteiger partial charge on any atom is 0.251 e. The molecule has 0 saturated carbocycles. The van der Waals surface area contributed by atoms with Crippen LogP contribution < -0.4 is 11.3 Å². The molecule has 0 bridgehead atoms. The summed E-state index contributed by atoms with van der Waals surface area (Å²) in [6, 6.07) is 13.1. The quantitative estimate of drug-likeness (QED) is 0.797. The average molecular weight is 378 g/mol. The van der Waals surface area contributed by atoms with Gasteiger partial charge in [0.15, 0.2) is 0 Å². The van der Waals surface area contributed by atoms with E-state index in [4.69, 9.17) is 5.73 Å². The van der Waals surface area contributed by atoms with Gasteiger partial charge in [-0.25, -0.2) is 0 Å². The van der Waals surface area contributed by atoms with Gasteiger partial charge in [-0.1, -0.05) is 30.3 Å². The molecule has 0 spiro atoms. The average Bonchev–Trinajstić information content (AvgIpc) is 2.55. The zero-order valence-electron chi connectivity index (χ0n) is 12.8. The summed E-state index contributed by atoms with van der Waals surface area (Å²) in [4.78, 5) is 26.0. The highest BCUT2D eigenvalue weighted by atomic mass is 79.9. The summed E-state index contributed by atoms with van der Waals surface area (Å²) >= 11 is 3.31. The van der Waals surface area contributed by atoms with Gasteiger partial charge in [0.1, 0.15) is 6.54 Å². The molecule has 0 aliphatic carbocycles. The molecule has 0 atom stereocenters. The molecule has 1 heterocycles. The number of carbonyl (C=O) groups excluding carboxylic acids is 1. The Morgan fingerprint density at radius 1 is 1.13 bits per heavy atom. The monoisotopic (exact) mass is 377 g/mol. The fourth-order valence-corrected chi connectivity index (χ4v) is 2.68. The van der Waals surface area contributed by atoms with Crippen molar-refractivity contribution in [3.63, 3.8) is 0 Å². The van der Waals surface area contributed by atoms with Gasteiger partial charge in [-0.3, -0.25) is 9.59 Å². The van der Waals surface area contributed by atoms with E-state index < -0.39 is 0 Å². The predicted octanol–water partition coefficient (Wildman–Crippen LogP) is 1.64. The van der Waals surface area contributed by atoms with Gasteiger partial charge in [-0.05, 0) is 34.0 Å². The SMILES string of the molecule is NCCN(CCc1ccccc1)C(=O)Cn1cc(Br)ccc1=O. The van der Waals surface area contributed by atoms with E-state index in [2.05, 4.69) is 15.9 Å². The first kappa shape index (κ1) is 17.4. The standard InChI is InChI=1S/C17H20BrN3O2/c18-15-6-7-16(22)21(12-15)13-17(23)20(11-9-19)10-8-14-4-2-1-3-5-14/h1-7,12H,8-11,13,19H2. The molecule has 2 N–H and O–H groups in total. The summed E-state index contributed by atoms with van der Waals surface area (Å²) < 4.78 is 2.16. The molecule has 122 valence electrons. The molecule has 1 aromatic carbocycles. The summed E-state index contributed by atoms with van der Waals surface area (Å²) in [5, 5.41) is 0. The molecule has 1 amide bonds. The summed E-state index contributed by atoms with van der Waals surface area (Å²) in [6.45, 7) is 1.48. The van der Waals surface area contributed by atoms with Crippen LogP contribution in [0.3, 0.4) is 0 Å². The number of hydrogen-bond donors (Lipinski definition) is 1. The minimum absolute atomic E-state index is 0.0209. The van der Waals surface area contributed by atoms with E-state index in [1.54, 1.807) is 17.2 Å². The second kappa shape index (κ2) is 8.64. The van der Waals surface area contributed by atoms with E-state index in [9.17, 15) is 9.59 Å². The number of halogens is 1. The zero-order valence-corrected chi connectivity index (χ0v) is 14.4. The van der Waals surface area contributed by atoms with Crippen LogP contribution in [-0.2, 0) is 17.8 Å². The highest BCUT2D eigenvalue weighted by Gasteiger charge is 2.14. The van der Waals surface area contributed by atoms with Crippen LogP contribution in [0.4, 0.5) is 0 Å². The summed E-state index contributed by atoms with van der Waals surface area (Å²) in [6.07, 6.45) is 2.39. The van der Waals surface area contributed by atoms with Crippen LogP contribution in [0.1, 0.15) is 5.56 Å². The summed E-state index contributed by atoms with van der Waals surface area (Å²) in [7, 11) is 0. The molecule has 5 nitrogen and oxygen atoms in total. The molecule has 1 aromatic heterocycles. The Hall–Kier alpha value is -1.92. The second-order valence-corrected chi connectivity index (χ2v) is 6.13. The van der Waals surface area contributed by atoms with Crippen LogP contribution in [0, 0.1) is 0 Å². The van der Waals surface area contributed by atoms with E-state index in [0.717, 1.165) is 10.9 Å². The molecule has 0 unspecified atom stereocenters. The first-order chi connectivity index (χ1) is 11.1. The van der Waals surface area contributed by atoms with Crippen molar-refractivity contribution in [3.8, 4) is 0 Å². The van der Waals surface area contributed by atoms with E-state index >= 15 is 0 Å². The van der Waals surface area contributed by atoms with Crippen molar-refractivity contribution >= 4 is 21.8 Å². The lowest BCUT2D eigenvalue weighted by Gasteiger charge is -2.22. The van der Waals surface area contributed by atoms with Gasteiger partial charge in [-0.2, -0.15) is 0 Å². The Balaban J connectivity index is 2.03. The Bertz CT molecular complexity index is 700. The van der Waals surface area contributed by atoms with Gasteiger partial charge < -0.3 is 15.2 Å². The van der Waals surface area contributed by atoms with Crippen LogP contribution in [-0.4, -0.2) is 35.0 Å². The van der Waals surface area contributed by atoms with Crippen LogP contribution in [0.2, 0.25) is 0 Å². The number of pyridine rings is 1. The fraction of sp³-hybridized carbons (Fsp3) is 0.294. The lowest BCUT2D eigenvalue weighted by atomic mass is 10.1. The summed E-state index contributed by atoms with van der Waals surface area (Å²) in [5.41, 5.74) is 6.59. The number of amides is 1. The Morgan fingerprint density at radius 2 is 1.87 bits per heavy atom. The third-order valence-electron chi connectivity index (χ3n) is 3.52. The van der Waals surface area contributed by atoms with Crippen molar-refractivity contribution in [3.05, 3.63) is 69.1 Å². The highest BCUT2D eigenvalue weighted by molar-refractivity contribution is 9.10. The molecule has 0 saturated heterocycles. The smallest absolute Gasteiger partial charge is 0.251 e. The van der Waals surface area contributed by atoms with Gasteiger partial charge in [0.25, 0.3) is 5.56 Å². The molecule has 0 aliphatic heterocycles. The van der Waals surface area contributed by atoms with E-state index in [1.807, 2.05) is 30.3 Å². The first-order valence-corrected chi connectivity index (χ1v) is 8.27. The normalized spacial score (nSPS) is 10.5. The maximum atomic E-state index is 12.5. The molecule has 0 fully saturated rings. The molecule has 2 rings (SSSR count). The number of hydrogen-bond acceptors (Lipinski definition) is 3. The highest BCUT2D eigenvalue weighted by Crippen LogP contribution is 2.06. The Morgan fingerprint density at radius 3 is 2.57 bits per heavy atom. The van der Waals surface area contributed by atoms with Crippen LogP contribution in [0.25, 0.3) is 0 Å². The molecule has 0 radical (unpaired) electrons. The topological polar surface area (TPSA) is 68.3 Å². The molecule has 0 aliphatic rings. The fourth-order valence-electron chi connectivity index (χ4n) is 2.30. The lowest BCUT2D eigenvalue weighted by Crippen LogP contribution is -2.40. The van der Waals surface area contributed by atoms with Crippen molar-refractivity contribution in [2.45, 2.75) is 13.0 Å². The number of nitrogens with two attached hydrogens (primary N) is 1. The minimum atomic E-state index is -0.197. The van der Waals surface area contributed by atoms with Crippen molar-refractivity contribution in [1.29, 1.82) is 0 Å².